The van der Waals surface area contributed by atoms with E-state index in [0.717, 1.165) is 19.6 Å². The molecule has 0 aliphatic heterocycles. The van der Waals surface area contributed by atoms with E-state index in [0.29, 0.717) is 12.0 Å². The molecule has 2 rings (SSSR count). The van der Waals surface area contributed by atoms with Gasteiger partial charge in [0.15, 0.2) is 5.96 Å². The highest BCUT2D eigenvalue weighted by Crippen LogP contribution is 2.24. The summed E-state index contributed by atoms with van der Waals surface area (Å²) in [6, 6.07) is 11.1. The van der Waals surface area contributed by atoms with Gasteiger partial charge in [-0.1, -0.05) is 30.3 Å². The van der Waals surface area contributed by atoms with Gasteiger partial charge in [0.1, 0.15) is 0 Å². The van der Waals surface area contributed by atoms with Crippen molar-refractivity contribution in [3.8, 4) is 0 Å². The minimum absolute atomic E-state index is 0.630. The number of rotatable bonds is 6. The maximum Gasteiger partial charge on any atom is 0.191 e. The third-order valence-electron chi connectivity index (χ3n) is 3.51. The first-order chi connectivity index (χ1) is 9.16. The van der Waals surface area contributed by atoms with Crippen LogP contribution < -0.4 is 5.73 Å². The summed E-state index contributed by atoms with van der Waals surface area (Å²) >= 11 is 0. The molecule has 1 saturated carbocycles. The first-order valence-corrected chi connectivity index (χ1v) is 6.92. The van der Waals surface area contributed by atoms with Crippen LogP contribution in [0.5, 0.6) is 0 Å². The monoisotopic (exact) mass is 260 g/mol. The molecule has 1 aromatic carbocycles. The van der Waals surface area contributed by atoms with Gasteiger partial charge < -0.3 is 15.5 Å². The number of benzene rings is 1. The second kappa shape index (κ2) is 6.57. The third-order valence-corrected chi connectivity index (χ3v) is 3.51. The fourth-order valence-corrected chi connectivity index (χ4v) is 2.07. The lowest BCUT2D eigenvalue weighted by Crippen LogP contribution is -2.36. The van der Waals surface area contributed by atoms with E-state index in [2.05, 4.69) is 46.1 Å². The van der Waals surface area contributed by atoms with Crippen LogP contribution in [-0.4, -0.2) is 49.0 Å². The maximum absolute atomic E-state index is 5.95. The van der Waals surface area contributed by atoms with Crippen molar-refractivity contribution in [1.29, 1.82) is 0 Å². The van der Waals surface area contributed by atoms with Gasteiger partial charge in [0.05, 0.1) is 6.54 Å². The van der Waals surface area contributed by atoms with E-state index in [1.807, 2.05) is 13.1 Å². The molecule has 2 N–H and O–H groups in total. The Morgan fingerprint density at radius 1 is 1.26 bits per heavy atom. The smallest absolute Gasteiger partial charge is 0.191 e. The Kier molecular flexibility index (Phi) is 4.80. The van der Waals surface area contributed by atoms with Crippen LogP contribution in [0.3, 0.4) is 0 Å². The molecule has 0 atom stereocenters. The van der Waals surface area contributed by atoms with Crippen LogP contribution in [0.25, 0.3) is 0 Å². The molecule has 1 aromatic rings. The average Bonchev–Trinajstić information content (AvgIpc) is 3.23. The highest BCUT2D eigenvalue weighted by Gasteiger charge is 2.27. The van der Waals surface area contributed by atoms with Crippen molar-refractivity contribution in [2.45, 2.75) is 25.4 Å². The molecule has 0 bridgehead atoms. The van der Waals surface area contributed by atoms with Gasteiger partial charge in [-0.15, -0.1) is 0 Å². The Labute approximate surface area is 115 Å². The summed E-state index contributed by atoms with van der Waals surface area (Å²) in [5, 5.41) is 0. The Morgan fingerprint density at radius 3 is 2.58 bits per heavy atom. The summed E-state index contributed by atoms with van der Waals surface area (Å²) in [6.45, 7) is 2.63. The average molecular weight is 260 g/mol. The summed E-state index contributed by atoms with van der Waals surface area (Å²) < 4.78 is 0. The molecule has 0 heterocycles. The van der Waals surface area contributed by atoms with Crippen LogP contribution in [-0.2, 0) is 6.54 Å². The molecule has 0 amide bonds. The summed E-state index contributed by atoms with van der Waals surface area (Å²) in [7, 11) is 4.15. The molecule has 104 valence electrons. The van der Waals surface area contributed by atoms with Crippen molar-refractivity contribution >= 4 is 5.96 Å². The molecule has 0 saturated heterocycles. The standard InChI is InChI=1S/C15H24N4/c1-18(12-13-6-4-3-5-7-13)11-10-17-15(16)19(2)14-8-9-14/h3-7,14H,8-12H2,1-2H3,(H2,16,17). The van der Waals surface area contributed by atoms with Crippen molar-refractivity contribution in [1.82, 2.24) is 9.80 Å². The minimum Gasteiger partial charge on any atom is -0.370 e. The van der Waals surface area contributed by atoms with Crippen LogP contribution in [0, 0.1) is 0 Å². The van der Waals surface area contributed by atoms with Crippen LogP contribution in [0.2, 0.25) is 0 Å². The molecule has 0 unspecified atom stereocenters. The molecule has 1 aliphatic rings. The lowest BCUT2D eigenvalue weighted by Gasteiger charge is -2.18. The lowest BCUT2D eigenvalue weighted by molar-refractivity contribution is 0.335. The molecule has 0 aromatic heterocycles. The van der Waals surface area contributed by atoms with Crippen LogP contribution in [0.15, 0.2) is 35.3 Å². The number of nitrogens with two attached hydrogens (primary N) is 1. The zero-order chi connectivity index (χ0) is 13.7. The normalized spacial score (nSPS) is 15.8. The van der Waals surface area contributed by atoms with Crippen molar-refractivity contribution in [3.05, 3.63) is 35.9 Å². The van der Waals surface area contributed by atoms with Crippen molar-refractivity contribution in [2.24, 2.45) is 10.7 Å². The summed E-state index contributed by atoms with van der Waals surface area (Å²) in [5.74, 6) is 0.676. The zero-order valence-electron chi connectivity index (χ0n) is 11.9. The summed E-state index contributed by atoms with van der Waals surface area (Å²) in [5.41, 5.74) is 7.28. The second-order valence-electron chi connectivity index (χ2n) is 5.31. The van der Waals surface area contributed by atoms with Crippen molar-refractivity contribution in [2.75, 3.05) is 27.2 Å². The topological polar surface area (TPSA) is 44.9 Å². The Hall–Kier alpha value is -1.55. The highest BCUT2D eigenvalue weighted by atomic mass is 15.3. The number of aliphatic imine (C=N–C) groups is 1. The molecule has 1 fully saturated rings. The summed E-state index contributed by atoms with van der Waals surface area (Å²) in [4.78, 5) is 8.81. The van der Waals surface area contributed by atoms with E-state index in [9.17, 15) is 0 Å². The number of nitrogens with zero attached hydrogens (tertiary/aromatic N) is 3. The molecule has 0 spiro atoms. The number of guanidine groups is 1. The molecular formula is C15H24N4. The van der Waals surface area contributed by atoms with Gasteiger partial charge in [-0.3, -0.25) is 4.99 Å². The molecule has 0 radical (unpaired) electrons. The van der Waals surface area contributed by atoms with Crippen LogP contribution in [0.4, 0.5) is 0 Å². The second-order valence-corrected chi connectivity index (χ2v) is 5.31. The molecule has 4 heteroatoms. The van der Waals surface area contributed by atoms with E-state index >= 15 is 0 Å². The zero-order valence-corrected chi connectivity index (χ0v) is 11.9. The lowest BCUT2D eigenvalue weighted by atomic mass is 10.2. The minimum atomic E-state index is 0.630. The van der Waals surface area contributed by atoms with Gasteiger partial charge in [-0.05, 0) is 25.5 Å². The summed E-state index contributed by atoms with van der Waals surface area (Å²) in [6.07, 6.45) is 2.50. The Balaban J connectivity index is 1.71. The van der Waals surface area contributed by atoms with E-state index in [-0.39, 0.29) is 0 Å². The third kappa shape index (κ3) is 4.56. The van der Waals surface area contributed by atoms with Gasteiger partial charge >= 0.3 is 0 Å². The van der Waals surface area contributed by atoms with Gasteiger partial charge in [0.2, 0.25) is 0 Å². The number of hydrogen-bond donors (Lipinski definition) is 1. The van der Waals surface area contributed by atoms with Crippen LogP contribution >= 0.6 is 0 Å². The van der Waals surface area contributed by atoms with Crippen LogP contribution in [0.1, 0.15) is 18.4 Å². The predicted molar refractivity (Wildman–Crippen MR) is 80.1 cm³/mol. The van der Waals surface area contributed by atoms with Gasteiger partial charge in [-0.25, -0.2) is 0 Å². The largest absolute Gasteiger partial charge is 0.370 e. The first kappa shape index (κ1) is 13.9. The maximum atomic E-state index is 5.95. The number of likely N-dealkylation sites (N-methyl/N-ethyl adjacent to an activating group) is 1. The fraction of sp³-hybridized carbons (Fsp3) is 0.533. The van der Waals surface area contributed by atoms with E-state index in [1.54, 1.807) is 0 Å². The fourth-order valence-electron chi connectivity index (χ4n) is 2.07. The van der Waals surface area contributed by atoms with E-state index in [1.165, 1.54) is 18.4 Å². The van der Waals surface area contributed by atoms with Gasteiger partial charge in [0.25, 0.3) is 0 Å². The Bertz CT molecular complexity index is 411. The predicted octanol–water partition coefficient (Wildman–Crippen LogP) is 1.53. The SMILES string of the molecule is CN(CCN=C(N)N(C)C1CC1)Cc1ccccc1. The molecule has 1 aliphatic carbocycles. The first-order valence-electron chi connectivity index (χ1n) is 6.92. The highest BCUT2D eigenvalue weighted by molar-refractivity contribution is 5.78. The van der Waals surface area contributed by atoms with E-state index < -0.39 is 0 Å². The quantitative estimate of drug-likeness (QED) is 0.623. The van der Waals surface area contributed by atoms with Crippen molar-refractivity contribution < 1.29 is 0 Å². The molecular weight excluding hydrogens is 236 g/mol. The van der Waals surface area contributed by atoms with Gasteiger partial charge in [0, 0.05) is 26.2 Å². The number of hydrogen-bond acceptors (Lipinski definition) is 2. The molecule has 4 nitrogen and oxygen atoms in total. The van der Waals surface area contributed by atoms with E-state index in [4.69, 9.17) is 5.73 Å². The van der Waals surface area contributed by atoms with Gasteiger partial charge in [-0.2, -0.15) is 0 Å². The van der Waals surface area contributed by atoms with Crippen molar-refractivity contribution in [3.63, 3.8) is 0 Å². The molecule has 19 heavy (non-hydrogen) atoms. The Morgan fingerprint density at radius 2 is 1.95 bits per heavy atom.